The van der Waals surface area contributed by atoms with Crippen LogP contribution in [0.1, 0.15) is 18.9 Å². The molecule has 5 nitrogen and oxygen atoms in total. The van der Waals surface area contributed by atoms with Gasteiger partial charge in [-0.3, -0.25) is 9.10 Å². The van der Waals surface area contributed by atoms with Crippen molar-refractivity contribution < 1.29 is 13.2 Å². The predicted molar refractivity (Wildman–Crippen MR) is 125 cm³/mol. The van der Waals surface area contributed by atoms with Crippen molar-refractivity contribution in [3.63, 3.8) is 0 Å². The molecule has 0 bridgehead atoms. The lowest BCUT2D eigenvalue weighted by atomic mass is 10.1. The molecule has 0 spiro atoms. The van der Waals surface area contributed by atoms with E-state index in [2.05, 4.69) is 5.32 Å². The monoisotopic (exact) mass is 456 g/mol. The van der Waals surface area contributed by atoms with Gasteiger partial charge in [0.1, 0.15) is 6.54 Å². The molecule has 0 saturated heterocycles. The van der Waals surface area contributed by atoms with Crippen LogP contribution in [-0.4, -0.2) is 26.9 Å². The summed E-state index contributed by atoms with van der Waals surface area (Å²) in [5.41, 5.74) is 1.45. The summed E-state index contributed by atoms with van der Waals surface area (Å²) in [6.07, 6.45) is 1.56. The number of aryl methyl sites for hydroxylation is 1. The summed E-state index contributed by atoms with van der Waals surface area (Å²) in [7, 11) is -3.97. The van der Waals surface area contributed by atoms with Gasteiger partial charge in [0.05, 0.1) is 15.6 Å². The zero-order valence-electron chi connectivity index (χ0n) is 17.2. The molecule has 0 aliphatic rings. The molecule has 0 radical (unpaired) electrons. The normalized spacial score (nSPS) is 12.2. The molecule has 0 unspecified atom stereocenters. The average Bonchev–Trinajstić information content (AvgIpc) is 2.78. The Morgan fingerprint density at radius 3 is 2.16 bits per heavy atom. The maximum atomic E-state index is 13.3. The Bertz CT molecular complexity index is 1110. The van der Waals surface area contributed by atoms with Crippen LogP contribution in [0.15, 0.2) is 89.8 Å². The first kappa shape index (κ1) is 22.8. The Kier molecular flexibility index (Phi) is 7.71. The Labute approximate surface area is 188 Å². The van der Waals surface area contributed by atoms with Gasteiger partial charge in [-0.25, -0.2) is 8.42 Å². The SMILES string of the molecule is C[C@@H](CCc1ccccc1)NC(=O)CN(c1ccccc1Cl)S(=O)(=O)c1ccccc1. The molecule has 3 aromatic carbocycles. The average molecular weight is 457 g/mol. The van der Waals surface area contributed by atoms with E-state index in [1.165, 1.54) is 17.7 Å². The zero-order chi connectivity index (χ0) is 22.3. The highest BCUT2D eigenvalue weighted by molar-refractivity contribution is 7.92. The van der Waals surface area contributed by atoms with Gasteiger partial charge < -0.3 is 5.32 Å². The fraction of sp³-hybridized carbons (Fsp3) is 0.208. The number of carbonyl (C=O) groups excluding carboxylic acids is 1. The van der Waals surface area contributed by atoms with E-state index in [1.54, 1.807) is 42.5 Å². The van der Waals surface area contributed by atoms with Crippen LogP contribution in [0.4, 0.5) is 5.69 Å². The summed E-state index contributed by atoms with van der Waals surface area (Å²) in [6.45, 7) is 1.54. The molecule has 31 heavy (non-hydrogen) atoms. The predicted octanol–water partition coefficient (Wildman–Crippen LogP) is 4.67. The summed E-state index contributed by atoms with van der Waals surface area (Å²) in [5, 5.41) is 3.16. The molecule has 0 aliphatic carbocycles. The molecule has 0 aromatic heterocycles. The number of hydrogen-bond donors (Lipinski definition) is 1. The summed E-state index contributed by atoms with van der Waals surface area (Å²) in [6, 6.07) is 24.5. The highest BCUT2D eigenvalue weighted by atomic mass is 35.5. The fourth-order valence-corrected chi connectivity index (χ4v) is 4.97. The maximum absolute atomic E-state index is 13.3. The Morgan fingerprint density at radius 1 is 0.935 bits per heavy atom. The minimum atomic E-state index is -3.97. The van der Waals surface area contributed by atoms with Crippen LogP contribution >= 0.6 is 11.6 Å². The summed E-state index contributed by atoms with van der Waals surface area (Å²) in [5.74, 6) is -0.389. The Morgan fingerprint density at radius 2 is 1.52 bits per heavy atom. The van der Waals surface area contributed by atoms with Gasteiger partial charge in [0.15, 0.2) is 0 Å². The van der Waals surface area contributed by atoms with E-state index in [1.807, 2.05) is 37.3 Å². The quantitative estimate of drug-likeness (QED) is 0.508. The number of hydrogen-bond acceptors (Lipinski definition) is 3. The minimum Gasteiger partial charge on any atom is -0.352 e. The highest BCUT2D eigenvalue weighted by Crippen LogP contribution is 2.30. The first-order valence-corrected chi connectivity index (χ1v) is 11.9. The van der Waals surface area contributed by atoms with Crippen LogP contribution < -0.4 is 9.62 Å². The van der Waals surface area contributed by atoms with Crippen LogP contribution in [0.25, 0.3) is 0 Å². The number of benzene rings is 3. The molecule has 1 atom stereocenters. The van der Waals surface area contributed by atoms with E-state index in [4.69, 9.17) is 11.6 Å². The van der Waals surface area contributed by atoms with E-state index in [0.717, 1.165) is 17.1 Å². The fourth-order valence-electron chi connectivity index (χ4n) is 3.22. The molecule has 0 heterocycles. The lowest BCUT2D eigenvalue weighted by Crippen LogP contribution is -2.43. The van der Waals surface area contributed by atoms with Gasteiger partial charge in [-0.1, -0.05) is 72.3 Å². The summed E-state index contributed by atoms with van der Waals surface area (Å²) >= 11 is 6.28. The number of carbonyl (C=O) groups is 1. The van der Waals surface area contributed by atoms with Gasteiger partial charge in [-0.05, 0) is 49.6 Å². The second kappa shape index (κ2) is 10.5. The molecule has 1 amide bonds. The summed E-state index contributed by atoms with van der Waals surface area (Å²) in [4.78, 5) is 12.9. The van der Waals surface area contributed by atoms with Crippen molar-refractivity contribution in [3.05, 3.63) is 95.5 Å². The molecular formula is C24H25ClN2O3S. The number of sulfonamides is 1. The second-order valence-corrected chi connectivity index (χ2v) is 9.54. The Hall–Kier alpha value is -2.83. The number of rotatable bonds is 9. The molecule has 3 rings (SSSR count). The third-order valence-corrected chi connectivity index (χ3v) is 6.95. The molecule has 162 valence electrons. The minimum absolute atomic E-state index is 0.0971. The number of halogens is 1. The summed E-state index contributed by atoms with van der Waals surface area (Å²) < 4.78 is 27.7. The first-order chi connectivity index (χ1) is 14.9. The van der Waals surface area contributed by atoms with Crippen molar-refractivity contribution >= 4 is 33.2 Å². The molecule has 7 heteroatoms. The maximum Gasteiger partial charge on any atom is 0.264 e. The Balaban J connectivity index is 1.76. The number of anilines is 1. The highest BCUT2D eigenvalue weighted by Gasteiger charge is 2.28. The van der Waals surface area contributed by atoms with Crippen molar-refractivity contribution in [1.82, 2.24) is 5.32 Å². The number of para-hydroxylation sites is 1. The smallest absolute Gasteiger partial charge is 0.264 e. The van der Waals surface area contributed by atoms with Crippen molar-refractivity contribution in [1.29, 1.82) is 0 Å². The largest absolute Gasteiger partial charge is 0.352 e. The standard InChI is InChI=1S/C24H25ClN2O3S/c1-19(16-17-20-10-4-2-5-11-20)26-24(28)18-27(23-15-9-8-14-22(23)25)31(29,30)21-12-6-3-7-13-21/h2-15,19H,16-18H2,1H3,(H,26,28)/t19-/m0/s1. The van der Waals surface area contributed by atoms with Crippen molar-refractivity contribution in [2.24, 2.45) is 0 Å². The van der Waals surface area contributed by atoms with Gasteiger partial charge in [0, 0.05) is 6.04 Å². The van der Waals surface area contributed by atoms with Crippen molar-refractivity contribution in [2.45, 2.75) is 30.7 Å². The van der Waals surface area contributed by atoms with Crippen LogP contribution in [0.5, 0.6) is 0 Å². The lowest BCUT2D eigenvalue weighted by molar-refractivity contribution is -0.120. The van der Waals surface area contributed by atoms with E-state index in [9.17, 15) is 13.2 Å². The van der Waals surface area contributed by atoms with E-state index in [0.29, 0.717) is 0 Å². The van der Waals surface area contributed by atoms with Gasteiger partial charge in [0.25, 0.3) is 10.0 Å². The van der Waals surface area contributed by atoms with Crippen LogP contribution in [0, 0.1) is 0 Å². The first-order valence-electron chi connectivity index (χ1n) is 10.0. The molecule has 3 aromatic rings. The van der Waals surface area contributed by atoms with Crippen LogP contribution in [0.2, 0.25) is 5.02 Å². The second-order valence-electron chi connectivity index (χ2n) is 7.27. The topological polar surface area (TPSA) is 66.5 Å². The number of nitrogens with one attached hydrogen (secondary N) is 1. The van der Waals surface area contributed by atoms with E-state index in [-0.39, 0.29) is 34.1 Å². The van der Waals surface area contributed by atoms with Crippen LogP contribution in [0.3, 0.4) is 0 Å². The van der Waals surface area contributed by atoms with E-state index < -0.39 is 10.0 Å². The van der Waals surface area contributed by atoms with Gasteiger partial charge >= 0.3 is 0 Å². The molecule has 0 aliphatic heterocycles. The van der Waals surface area contributed by atoms with Crippen molar-refractivity contribution in [3.8, 4) is 0 Å². The molecule has 1 N–H and O–H groups in total. The molecular weight excluding hydrogens is 432 g/mol. The van der Waals surface area contributed by atoms with Crippen LogP contribution in [-0.2, 0) is 21.2 Å². The molecule has 0 fully saturated rings. The number of nitrogens with zero attached hydrogens (tertiary/aromatic N) is 1. The van der Waals surface area contributed by atoms with Gasteiger partial charge in [0.2, 0.25) is 5.91 Å². The number of amides is 1. The van der Waals surface area contributed by atoms with Crippen molar-refractivity contribution in [2.75, 3.05) is 10.8 Å². The van der Waals surface area contributed by atoms with E-state index >= 15 is 0 Å². The van der Waals surface area contributed by atoms with Gasteiger partial charge in [-0.2, -0.15) is 0 Å². The zero-order valence-corrected chi connectivity index (χ0v) is 18.8. The lowest BCUT2D eigenvalue weighted by Gasteiger charge is -2.25. The third-order valence-electron chi connectivity index (χ3n) is 4.86. The third kappa shape index (κ3) is 6.09. The van der Waals surface area contributed by atoms with Gasteiger partial charge in [-0.15, -0.1) is 0 Å². The molecule has 0 saturated carbocycles.